The molecule has 5 aliphatic carbocycles. The molecule has 6 rings (SSSR count). The molecule has 0 radical (unpaired) electrons. The molecule has 1 unspecified atom stereocenters. The lowest BCUT2D eigenvalue weighted by atomic mass is 9.33. The first-order valence-electron chi connectivity index (χ1n) is 18.4. The average Bonchev–Trinajstić information content (AvgIpc) is 3.33. The Morgan fingerprint density at radius 3 is 2.19 bits per heavy atom. The van der Waals surface area contributed by atoms with Crippen LogP contribution in [-0.2, 0) is 28.9 Å². The van der Waals surface area contributed by atoms with E-state index < -0.39 is 15.8 Å². The molecule has 1 N–H and O–H groups in total. The second-order valence-electron chi connectivity index (χ2n) is 19.1. The fourth-order valence-electron chi connectivity index (χ4n) is 12.3. The van der Waals surface area contributed by atoms with Crippen LogP contribution in [0.15, 0.2) is 11.6 Å². The van der Waals surface area contributed by atoms with Crippen molar-refractivity contribution in [3.8, 4) is 0 Å². The van der Waals surface area contributed by atoms with Crippen LogP contribution in [0.2, 0.25) is 0 Å². The summed E-state index contributed by atoms with van der Waals surface area (Å²) in [5.74, 6) is 0.871. The van der Waals surface area contributed by atoms with E-state index in [0.29, 0.717) is 24.3 Å². The van der Waals surface area contributed by atoms with Crippen molar-refractivity contribution in [2.24, 2.45) is 50.2 Å². The molecule has 10 heteroatoms. The average molecular weight is 694 g/mol. The summed E-state index contributed by atoms with van der Waals surface area (Å²) in [5.41, 5.74) is 0.518. The zero-order valence-corrected chi connectivity index (χ0v) is 32.1. The summed E-state index contributed by atoms with van der Waals surface area (Å²) in [6, 6.07) is 0.391. The van der Waals surface area contributed by atoms with Gasteiger partial charge in [0.05, 0.1) is 39.3 Å². The zero-order chi connectivity index (χ0) is 35.9. The predicted octanol–water partition coefficient (Wildman–Crippen LogP) is 6.20. The molecule has 0 aromatic rings. The number of likely N-dealkylation sites (N-methyl/N-ethyl adjacent to an activating group) is 1. The Morgan fingerprint density at radius 1 is 0.979 bits per heavy atom. The predicted molar refractivity (Wildman–Crippen MR) is 183 cm³/mol. The molecule has 5 fully saturated rings. The van der Waals surface area contributed by atoms with E-state index in [1.54, 1.807) is 0 Å². The first-order chi connectivity index (χ1) is 21.9. The number of carbonyl (C=O) groups excluding carboxylic acids is 2. The van der Waals surface area contributed by atoms with Gasteiger partial charge < -0.3 is 18.9 Å². The number of hydrogen-bond donors (Lipinski definition) is 1. The Hall–Kier alpha value is -1.33. The summed E-state index contributed by atoms with van der Waals surface area (Å²) in [6.07, 6.45) is 12.9. The molecule has 0 aromatic carbocycles. The number of rotatable bonds is 4. The number of ether oxygens (including phenoxy) is 1. The van der Waals surface area contributed by atoms with Crippen LogP contribution < -0.4 is 0 Å². The van der Waals surface area contributed by atoms with E-state index in [1.165, 1.54) is 12.0 Å². The van der Waals surface area contributed by atoms with Crippen molar-refractivity contribution >= 4 is 22.2 Å². The van der Waals surface area contributed by atoms with Crippen molar-refractivity contribution in [1.82, 2.24) is 0 Å². The molecule has 1 saturated heterocycles. The fourth-order valence-corrected chi connectivity index (χ4v) is 12.3. The Morgan fingerprint density at radius 2 is 1.60 bits per heavy atom. The van der Waals surface area contributed by atoms with Gasteiger partial charge in [-0.1, -0.05) is 47.1 Å². The maximum Gasteiger partial charge on any atom is 0.312 e. The molecule has 1 aliphatic heterocycles. The lowest BCUT2D eigenvalue weighted by Gasteiger charge is -2.70. The quantitative estimate of drug-likeness (QED) is 0.159. The minimum atomic E-state index is -4.41. The number of aliphatic hydroxyl groups is 1. The van der Waals surface area contributed by atoms with E-state index in [9.17, 15) is 27.7 Å². The summed E-state index contributed by atoms with van der Waals surface area (Å²) in [4.78, 5) is 28.3. The third kappa shape index (κ3) is 5.95. The molecular formula is C38H63NO8S. The lowest BCUT2D eigenvalue weighted by molar-refractivity contribution is -0.902. The van der Waals surface area contributed by atoms with E-state index in [0.717, 1.165) is 82.3 Å². The summed E-state index contributed by atoms with van der Waals surface area (Å²) < 4.78 is 38.1. The van der Waals surface area contributed by atoms with Gasteiger partial charge in [-0.3, -0.25) is 13.8 Å². The second-order valence-corrected chi connectivity index (χ2v) is 20.3. The standard InChI is InChI=1S/C37H60NO4.CH4O4S/c1-32(2)28-12-15-37(7)30(35(28,5)14-13-29(32)40)27(39)21-25-26-22-34(4,17-16-33(26,3)18-19-36(25,37)6)31(41)42-23-24-11-10-20-38(24,8)9;1-5-6(2,3)4/h21,24,26,28-30,40H,10-20,22-23H2,1-9H3;1H3,(H,2,3,4)/q+1;/p-1/t24?,26-,28-,29-,30+,33+,34-,35-,36+,37+;/m0./s1. The number of carbonyl (C=O) groups is 2. The van der Waals surface area contributed by atoms with Crippen LogP contribution in [0.5, 0.6) is 0 Å². The summed E-state index contributed by atoms with van der Waals surface area (Å²) in [5, 5.41) is 11.0. The largest absolute Gasteiger partial charge is 0.726 e. The molecule has 0 aromatic heterocycles. The fraction of sp³-hybridized carbons (Fsp3) is 0.895. The van der Waals surface area contributed by atoms with Crippen LogP contribution in [0, 0.1) is 50.2 Å². The van der Waals surface area contributed by atoms with Gasteiger partial charge in [0.2, 0.25) is 10.4 Å². The number of hydrogen-bond acceptors (Lipinski definition) is 8. The van der Waals surface area contributed by atoms with Crippen LogP contribution in [0.25, 0.3) is 0 Å². The van der Waals surface area contributed by atoms with E-state index in [-0.39, 0.29) is 51.0 Å². The van der Waals surface area contributed by atoms with Crippen LogP contribution >= 0.6 is 0 Å². The SMILES string of the molecule is CC1(C)[C@@H](O)CC[C@]2(C)[C@H]3C(=O)C=C4[C@@H]5C[C@@](C)(C(=O)OCC6CCC[N+]6(C)C)CC[C@]5(C)CC[C@@]4(C)[C@]3(C)CC[C@@H]12.COS(=O)(=O)[O-]. The topological polar surface area (TPSA) is 130 Å². The van der Waals surface area contributed by atoms with Gasteiger partial charge in [-0.25, -0.2) is 8.42 Å². The number of allylic oxidation sites excluding steroid dienone is 2. The molecule has 6 aliphatic rings. The molecule has 1 heterocycles. The van der Waals surface area contributed by atoms with Gasteiger partial charge in [0.1, 0.15) is 12.6 Å². The number of likely N-dealkylation sites (tertiary alicyclic amines) is 1. The van der Waals surface area contributed by atoms with Gasteiger partial charge in [0.25, 0.3) is 0 Å². The van der Waals surface area contributed by atoms with Crippen molar-refractivity contribution in [3.63, 3.8) is 0 Å². The molecule has 0 bridgehead atoms. The highest BCUT2D eigenvalue weighted by atomic mass is 32.3. The minimum absolute atomic E-state index is 0.0125. The first kappa shape index (κ1) is 37.9. The molecular weight excluding hydrogens is 630 g/mol. The van der Waals surface area contributed by atoms with E-state index in [4.69, 9.17) is 4.74 Å². The molecule has 4 saturated carbocycles. The van der Waals surface area contributed by atoms with Crippen molar-refractivity contribution in [1.29, 1.82) is 0 Å². The summed E-state index contributed by atoms with van der Waals surface area (Å²) >= 11 is 0. The first-order valence-corrected chi connectivity index (χ1v) is 19.7. The third-order valence-electron chi connectivity index (χ3n) is 15.9. The molecule has 0 spiro atoms. The number of esters is 1. The molecule has 10 atom stereocenters. The Labute approximate surface area is 290 Å². The lowest BCUT2D eigenvalue weighted by Crippen LogP contribution is -2.66. The van der Waals surface area contributed by atoms with Gasteiger partial charge in [-0.15, -0.1) is 0 Å². The van der Waals surface area contributed by atoms with Crippen molar-refractivity contribution < 1.29 is 41.1 Å². The van der Waals surface area contributed by atoms with Crippen molar-refractivity contribution in [3.05, 3.63) is 11.6 Å². The van der Waals surface area contributed by atoms with E-state index in [1.807, 2.05) is 0 Å². The minimum Gasteiger partial charge on any atom is -0.726 e. The highest BCUT2D eigenvalue weighted by Crippen LogP contribution is 2.75. The highest BCUT2D eigenvalue weighted by molar-refractivity contribution is 7.80. The molecule has 48 heavy (non-hydrogen) atoms. The number of quaternary nitrogens is 1. The zero-order valence-electron chi connectivity index (χ0n) is 31.3. The van der Waals surface area contributed by atoms with Gasteiger partial charge in [-0.2, -0.15) is 0 Å². The van der Waals surface area contributed by atoms with Gasteiger partial charge in [-0.05, 0) is 110 Å². The Balaban J connectivity index is 0.000000689. The van der Waals surface area contributed by atoms with Crippen LogP contribution in [0.4, 0.5) is 0 Å². The normalized spacial score (nSPS) is 46.0. The molecule has 274 valence electrons. The number of nitrogens with zero attached hydrogens (tertiary/aromatic N) is 1. The maximum atomic E-state index is 14.5. The second kappa shape index (κ2) is 12.1. The van der Waals surface area contributed by atoms with Crippen molar-refractivity contribution in [2.45, 2.75) is 131 Å². The smallest absolute Gasteiger partial charge is 0.312 e. The summed E-state index contributed by atoms with van der Waals surface area (Å²) in [6.45, 7) is 18.0. The highest BCUT2D eigenvalue weighted by Gasteiger charge is 2.70. The van der Waals surface area contributed by atoms with E-state index >= 15 is 0 Å². The van der Waals surface area contributed by atoms with E-state index in [2.05, 4.69) is 72.8 Å². The molecule has 9 nitrogen and oxygen atoms in total. The van der Waals surface area contributed by atoms with Crippen LogP contribution in [0.1, 0.15) is 119 Å². The maximum absolute atomic E-state index is 14.5. The summed E-state index contributed by atoms with van der Waals surface area (Å²) in [7, 11) is 0.909. The van der Waals surface area contributed by atoms with Gasteiger partial charge >= 0.3 is 5.97 Å². The molecule has 0 amide bonds. The van der Waals surface area contributed by atoms with Crippen LogP contribution in [0.3, 0.4) is 0 Å². The number of fused-ring (bicyclic) bond motifs is 7. The van der Waals surface area contributed by atoms with Crippen molar-refractivity contribution in [2.75, 3.05) is 34.4 Å². The third-order valence-corrected chi connectivity index (χ3v) is 16.3. The number of ketones is 1. The van der Waals surface area contributed by atoms with Gasteiger partial charge in [0, 0.05) is 18.8 Å². The number of aliphatic hydroxyl groups excluding tert-OH is 1. The monoisotopic (exact) mass is 693 g/mol. The van der Waals surface area contributed by atoms with Crippen LogP contribution in [-0.4, -0.2) is 80.8 Å². The van der Waals surface area contributed by atoms with Gasteiger partial charge in [0.15, 0.2) is 5.78 Å². The Kier molecular flexibility index (Phi) is 9.58. The Bertz CT molecular complexity index is 1440.